The molecule has 0 spiro atoms. The second-order valence-corrected chi connectivity index (χ2v) is 6.47. The molecule has 114 valence electrons. The third kappa shape index (κ3) is 1.87. The minimum absolute atomic E-state index is 0.0281. The van der Waals surface area contributed by atoms with Gasteiger partial charge in [0.2, 0.25) is 5.91 Å². The van der Waals surface area contributed by atoms with Crippen molar-refractivity contribution in [2.75, 3.05) is 12.3 Å². The van der Waals surface area contributed by atoms with Gasteiger partial charge in [0.25, 0.3) is 0 Å². The van der Waals surface area contributed by atoms with Crippen LogP contribution in [0.5, 0.6) is 0 Å². The van der Waals surface area contributed by atoms with Crippen molar-refractivity contribution in [2.45, 2.75) is 23.7 Å². The van der Waals surface area contributed by atoms with E-state index < -0.39 is 5.97 Å². The van der Waals surface area contributed by atoms with Crippen LogP contribution in [0.15, 0.2) is 34.9 Å². The van der Waals surface area contributed by atoms with Crippen LogP contribution in [0.1, 0.15) is 6.42 Å². The minimum Gasteiger partial charge on any atom is -0.477 e. The van der Waals surface area contributed by atoms with Gasteiger partial charge in [-0.3, -0.25) is 9.69 Å². The van der Waals surface area contributed by atoms with Gasteiger partial charge in [0.1, 0.15) is 11.7 Å². The molecule has 0 radical (unpaired) electrons. The maximum Gasteiger partial charge on any atom is 0.352 e. The van der Waals surface area contributed by atoms with Crippen LogP contribution in [-0.4, -0.2) is 56.2 Å². The summed E-state index contributed by atoms with van der Waals surface area (Å²) in [6.07, 6.45) is 4.18. The van der Waals surface area contributed by atoms with Crippen molar-refractivity contribution in [3.05, 3.63) is 29.7 Å². The smallest absolute Gasteiger partial charge is 0.352 e. The van der Waals surface area contributed by atoms with E-state index in [1.165, 1.54) is 16.7 Å². The molecule has 4 rings (SSSR count). The molecule has 1 unspecified atom stereocenters. The maximum atomic E-state index is 12.1. The lowest BCUT2D eigenvalue weighted by Gasteiger charge is -2.48. The number of β-lactam (4-membered cyclic amide) rings is 1. The summed E-state index contributed by atoms with van der Waals surface area (Å²) < 4.78 is 0. The lowest BCUT2D eigenvalue weighted by atomic mass is 9.80. The number of piperidine rings is 1. The molecule has 0 aliphatic carbocycles. The standard InChI is InChI=1S/C14H14N4O3S/c19-12-9-10-7(2-5-15-9)8(11(13(20)21)18(10)12)6-22-14-16-3-1-4-17-14/h1,3-4,7,9-10,15H,2,5-6H2,(H,20,21)/t7?,9-,10+/m0/s1. The molecule has 8 heteroatoms. The molecule has 7 nitrogen and oxygen atoms in total. The molecule has 2 fully saturated rings. The fourth-order valence-electron chi connectivity index (χ4n) is 3.58. The molecule has 1 aromatic heterocycles. The highest BCUT2D eigenvalue weighted by atomic mass is 32.2. The van der Waals surface area contributed by atoms with E-state index in [4.69, 9.17) is 0 Å². The molecular formula is C14H14N4O3S. The van der Waals surface area contributed by atoms with E-state index >= 15 is 0 Å². The third-order valence-corrected chi connectivity index (χ3v) is 5.39. The normalized spacial score (nSPS) is 29.4. The number of carboxylic acid groups (broad SMARTS) is 1. The Morgan fingerprint density at radius 3 is 2.95 bits per heavy atom. The van der Waals surface area contributed by atoms with E-state index in [-0.39, 0.29) is 29.6 Å². The number of carbonyl (C=O) groups excluding carboxylic acids is 1. The molecule has 1 aromatic rings. The van der Waals surface area contributed by atoms with E-state index in [2.05, 4.69) is 15.3 Å². The minimum atomic E-state index is -1.02. The van der Waals surface area contributed by atoms with E-state index in [0.29, 0.717) is 10.9 Å². The zero-order chi connectivity index (χ0) is 15.3. The zero-order valence-electron chi connectivity index (χ0n) is 11.6. The van der Waals surface area contributed by atoms with E-state index in [0.717, 1.165) is 18.5 Å². The Labute approximate surface area is 130 Å². The van der Waals surface area contributed by atoms with E-state index in [1.807, 2.05) is 0 Å². The fourth-order valence-corrected chi connectivity index (χ4v) is 4.49. The molecule has 0 bridgehead atoms. The molecule has 2 N–H and O–H groups in total. The summed E-state index contributed by atoms with van der Waals surface area (Å²) in [4.78, 5) is 33.5. The SMILES string of the molecule is O=C(O)C1=C(CSc2ncccn2)C2CCN[C@@H]3C(=O)N1[C@H]23. The van der Waals surface area contributed by atoms with Gasteiger partial charge in [-0.05, 0) is 24.6 Å². The van der Waals surface area contributed by atoms with Crippen LogP contribution >= 0.6 is 11.8 Å². The predicted molar refractivity (Wildman–Crippen MR) is 77.9 cm³/mol. The van der Waals surface area contributed by atoms with Crippen molar-refractivity contribution in [1.29, 1.82) is 0 Å². The van der Waals surface area contributed by atoms with E-state index in [9.17, 15) is 14.7 Å². The predicted octanol–water partition coefficient (Wildman–Crippen LogP) is 0.110. The quantitative estimate of drug-likeness (QED) is 0.462. The van der Waals surface area contributed by atoms with Gasteiger partial charge in [-0.1, -0.05) is 11.8 Å². The van der Waals surface area contributed by atoms with Gasteiger partial charge in [0.15, 0.2) is 5.16 Å². The zero-order valence-corrected chi connectivity index (χ0v) is 12.4. The topological polar surface area (TPSA) is 95.4 Å². The van der Waals surface area contributed by atoms with Crippen molar-refractivity contribution in [3.63, 3.8) is 0 Å². The number of rotatable bonds is 4. The Morgan fingerprint density at radius 1 is 1.45 bits per heavy atom. The average Bonchev–Trinajstić information content (AvgIpc) is 2.87. The van der Waals surface area contributed by atoms with Crippen molar-refractivity contribution >= 4 is 23.6 Å². The lowest BCUT2D eigenvalue weighted by molar-refractivity contribution is -0.154. The number of carboxylic acids is 1. The number of nitrogens with one attached hydrogen (secondary N) is 1. The third-order valence-electron chi connectivity index (χ3n) is 4.47. The Morgan fingerprint density at radius 2 is 2.23 bits per heavy atom. The average molecular weight is 318 g/mol. The monoisotopic (exact) mass is 318 g/mol. The van der Waals surface area contributed by atoms with Gasteiger partial charge >= 0.3 is 5.97 Å². The number of amides is 1. The molecule has 3 atom stereocenters. The Balaban J connectivity index is 1.63. The van der Waals surface area contributed by atoms with Crippen LogP contribution in [0.2, 0.25) is 0 Å². The largest absolute Gasteiger partial charge is 0.477 e. The van der Waals surface area contributed by atoms with Gasteiger partial charge in [-0.25, -0.2) is 14.8 Å². The highest BCUT2D eigenvalue weighted by Gasteiger charge is 2.60. The summed E-state index contributed by atoms with van der Waals surface area (Å²) in [5.74, 6) is -0.511. The van der Waals surface area contributed by atoms with Crippen LogP contribution in [0.3, 0.4) is 0 Å². The fraction of sp³-hybridized carbons (Fsp3) is 0.429. The molecule has 3 aliphatic rings. The molecule has 0 aromatic carbocycles. The first-order chi connectivity index (χ1) is 10.7. The van der Waals surface area contributed by atoms with Gasteiger partial charge in [-0.15, -0.1) is 0 Å². The Kier molecular flexibility index (Phi) is 3.16. The van der Waals surface area contributed by atoms with Crippen molar-refractivity contribution in [2.24, 2.45) is 5.92 Å². The van der Waals surface area contributed by atoms with Gasteiger partial charge in [0, 0.05) is 24.1 Å². The molecule has 4 heterocycles. The number of aromatic nitrogens is 2. The Hall–Kier alpha value is -1.93. The number of nitrogens with zero attached hydrogens (tertiary/aromatic N) is 3. The van der Waals surface area contributed by atoms with Crippen molar-refractivity contribution < 1.29 is 14.7 Å². The molecule has 2 saturated heterocycles. The van der Waals surface area contributed by atoms with Crippen LogP contribution in [0, 0.1) is 5.92 Å². The summed E-state index contributed by atoms with van der Waals surface area (Å²) in [5.41, 5.74) is 1.01. The van der Waals surface area contributed by atoms with Gasteiger partial charge < -0.3 is 10.4 Å². The lowest BCUT2D eigenvalue weighted by Crippen LogP contribution is -2.71. The summed E-state index contributed by atoms with van der Waals surface area (Å²) in [5, 5.41) is 13.3. The van der Waals surface area contributed by atoms with Crippen molar-refractivity contribution in [1.82, 2.24) is 20.2 Å². The first-order valence-corrected chi connectivity index (χ1v) is 8.09. The van der Waals surface area contributed by atoms with E-state index in [1.54, 1.807) is 18.5 Å². The Bertz CT molecular complexity index is 678. The highest BCUT2D eigenvalue weighted by Crippen LogP contribution is 2.47. The molecule has 0 saturated carbocycles. The second-order valence-electron chi connectivity index (χ2n) is 5.52. The molecule has 1 amide bonds. The summed E-state index contributed by atoms with van der Waals surface area (Å²) in [7, 11) is 0. The number of aliphatic carboxylic acids is 1. The van der Waals surface area contributed by atoms with Crippen LogP contribution in [0.25, 0.3) is 0 Å². The number of thioether (sulfide) groups is 1. The van der Waals surface area contributed by atoms with Crippen LogP contribution in [-0.2, 0) is 9.59 Å². The summed E-state index contributed by atoms with van der Waals surface area (Å²) in [6.45, 7) is 0.744. The summed E-state index contributed by atoms with van der Waals surface area (Å²) in [6, 6.07) is 1.49. The number of hydrogen-bond donors (Lipinski definition) is 2. The number of carbonyl (C=O) groups is 2. The first-order valence-electron chi connectivity index (χ1n) is 7.11. The van der Waals surface area contributed by atoms with Gasteiger partial charge in [0.05, 0.1) is 6.04 Å². The maximum absolute atomic E-state index is 12.1. The molecule has 22 heavy (non-hydrogen) atoms. The molecule has 3 aliphatic heterocycles. The second kappa shape index (κ2) is 5.06. The van der Waals surface area contributed by atoms with Crippen molar-refractivity contribution in [3.8, 4) is 0 Å². The summed E-state index contributed by atoms with van der Waals surface area (Å²) >= 11 is 1.41. The molecular weight excluding hydrogens is 304 g/mol. The van der Waals surface area contributed by atoms with Crippen LogP contribution < -0.4 is 5.32 Å². The van der Waals surface area contributed by atoms with Crippen LogP contribution in [0.4, 0.5) is 0 Å². The highest BCUT2D eigenvalue weighted by molar-refractivity contribution is 7.99. The van der Waals surface area contributed by atoms with Gasteiger partial charge in [-0.2, -0.15) is 0 Å². The first kappa shape index (κ1) is 13.7. The number of hydrogen-bond acceptors (Lipinski definition) is 6.